The summed E-state index contributed by atoms with van der Waals surface area (Å²) in [4.78, 5) is 37.4. The third kappa shape index (κ3) is 2.33. The summed E-state index contributed by atoms with van der Waals surface area (Å²) in [5.41, 5.74) is 0.492. The van der Waals surface area contributed by atoms with E-state index in [2.05, 4.69) is 0 Å². The summed E-state index contributed by atoms with van der Waals surface area (Å²) < 4.78 is 4.73. The maximum atomic E-state index is 12.7. The number of amides is 2. The van der Waals surface area contributed by atoms with Crippen molar-refractivity contribution in [2.75, 3.05) is 12.0 Å². The Morgan fingerprint density at radius 2 is 1.95 bits per heavy atom. The number of ether oxygens (including phenoxy) is 1. The van der Waals surface area contributed by atoms with Gasteiger partial charge in [-0.2, -0.15) is 0 Å². The minimum absolute atomic E-state index is 0.285. The molecule has 5 heteroatoms. The lowest BCUT2D eigenvalue weighted by Crippen LogP contribution is -2.42. The van der Waals surface area contributed by atoms with Crippen molar-refractivity contribution >= 4 is 23.5 Å². The van der Waals surface area contributed by atoms with E-state index in [4.69, 9.17) is 4.74 Å². The Bertz CT molecular complexity index is 610. The Morgan fingerprint density at radius 3 is 2.52 bits per heavy atom. The van der Waals surface area contributed by atoms with Gasteiger partial charge >= 0.3 is 5.97 Å². The Morgan fingerprint density at radius 1 is 1.33 bits per heavy atom. The SMILES string of the molecule is COC(=O)C(C)CC1(C)C(=O)N(C(C)=O)c2ccccc21. The molecule has 1 heterocycles. The molecule has 1 aromatic carbocycles. The number of carbonyl (C=O) groups is 3. The number of nitrogens with zero attached hydrogens (tertiary/aromatic N) is 1. The van der Waals surface area contributed by atoms with Crippen LogP contribution in [0.2, 0.25) is 0 Å². The smallest absolute Gasteiger partial charge is 0.308 e. The van der Waals surface area contributed by atoms with Crippen LogP contribution in [0.3, 0.4) is 0 Å². The lowest BCUT2D eigenvalue weighted by Gasteiger charge is -2.25. The minimum atomic E-state index is -0.893. The van der Waals surface area contributed by atoms with Gasteiger partial charge in [-0.25, -0.2) is 4.90 Å². The van der Waals surface area contributed by atoms with Crippen molar-refractivity contribution in [2.45, 2.75) is 32.6 Å². The van der Waals surface area contributed by atoms with Crippen LogP contribution in [0.5, 0.6) is 0 Å². The zero-order valence-corrected chi connectivity index (χ0v) is 12.7. The van der Waals surface area contributed by atoms with Crippen molar-refractivity contribution in [1.82, 2.24) is 0 Å². The molecule has 1 aliphatic heterocycles. The quantitative estimate of drug-likeness (QED) is 0.799. The summed E-state index contributed by atoms with van der Waals surface area (Å²) in [6, 6.07) is 7.21. The van der Waals surface area contributed by atoms with E-state index < -0.39 is 11.3 Å². The molecule has 2 unspecified atom stereocenters. The van der Waals surface area contributed by atoms with Crippen molar-refractivity contribution < 1.29 is 19.1 Å². The molecule has 1 aliphatic rings. The van der Waals surface area contributed by atoms with Gasteiger partial charge in [0.05, 0.1) is 24.1 Å². The number of methoxy groups -OCH3 is 1. The van der Waals surface area contributed by atoms with E-state index in [1.54, 1.807) is 26.0 Å². The fourth-order valence-electron chi connectivity index (χ4n) is 3.01. The molecule has 0 saturated heterocycles. The summed E-state index contributed by atoms with van der Waals surface area (Å²) in [5.74, 6) is -1.39. The molecule has 0 saturated carbocycles. The number of fused-ring (bicyclic) bond motifs is 1. The van der Waals surface area contributed by atoms with E-state index in [1.165, 1.54) is 18.9 Å². The topological polar surface area (TPSA) is 63.7 Å². The Balaban J connectivity index is 2.46. The molecule has 0 radical (unpaired) electrons. The second-order valence-corrected chi connectivity index (χ2v) is 5.64. The molecule has 0 spiro atoms. The highest BCUT2D eigenvalue weighted by atomic mass is 16.5. The Kier molecular flexibility index (Phi) is 3.85. The van der Waals surface area contributed by atoms with Crippen LogP contribution < -0.4 is 4.90 Å². The second kappa shape index (κ2) is 5.31. The van der Waals surface area contributed by atoms with Crippen LogP contribution in [0.1, 0.15) is 32.8 Å². The molecule has 5 nitrogen and oxygen atoms in total. The van der Waals surface area contributed by atoms with E-state index in [0.29, 0.717) is 12.1 Å². The highest BCUT2D eigenvalue weighted by molar-refractivity contribution is 6.22. The highest BCUT2D eigenvalue weighted by Crippen LogP contribution is 2.45. The van der Waals surface area contributed by atoms with Crippen LogP contribution in [0.4, 0.5) is 5.69 Å². The Labute approximate surface area is 123 Å². The minimum Gasteiger partial charge on any atom is -0.469 e. The van der Waals surface area contributed by atoms with Gasteiger partial charge in [0, 0.05) is 6.92 Å². The highest BCUT2D eigenvalue weighted by Gasteiger charge is 2.49. The van der Waals surface area contributed by atoms with Crippen molar-refractivity contribution in [3.63, 3.8) is 0 Å². The zero-order chi connectivity index (χ0) is 15.8. The fraction of sp³-hybridized carbons (Fsp3) is 0.438. The second-order valence-electron chi connectivity index (χ2n) is 5.64. The van der Waals surface area contributed by atoms with Crippen LogP contribution in [-0.2, 0) is 24.5 Å². The number of esters is 1. The van der Waals surface area contributed by atoms with Crippen molar-refractivity contribution in [2.24, 2.45) is 5.92 Å². The Hall–Kier alpha value is -2.17. The summed E-state index contributed by atoms with van der Waals surface area (Å²) in [6.07, 6.45) is 0.305. The third-order valence-corrected chi connectivity index (χ3v) is 4.05. The van der Waals surface area contributed by atoms with Gasteiger partial charge in [-0.1, -0.05) is 25.1 Å². The van der Waals surface area contributed by atoms with Gasteiger partial charge in [0.15, 0.2) is 0 Å². The first-order valence-electron chi connectivity index (χ1n) is 6.85. The number of benzene rings is 1. The molecule has 21 heavy (non-hydrogen) atoms. The molecular weight excluding hydrogens is 270 g/mol. The number of hydrogen-bond donors (Lipinski definition) is 0. The molecule has 2 amide bonds. The number of rotatable bonds is 3. The average Bonchev–Trinajstić information content (AvgIpc) is 2.67. The molecule has 0 fully saturated rings. The van der Waals surface area contributed by atoms with E-state index in [9.17, 15) is 14.4 Å². The van der Waals surface area contributed by atoms with Crippen molar-refractivity contribution in [3.8, 4) is 0 Å². The lowest BCUT2D eigenvalue weighted by molar-refractivity contribution is -0.145. The van der Waals surface area contributed by atoms with Crippen LogP contribution in [0.25, 0.3) is 0 Å². The lowest BCUT2D eigenvalue weighted by atomic mass is 9.76. The summed E-state index contributed by atoms with van der Waals surface area (Å²) in [7, 11) is 1.33. The molecule has 2 atom stereocenters. The number of imide groups is 1. The maximum absolute atomic E-state index is 12.7. The molecule has 0 aliphatic carbocycles. The normalized spacial score (nSPS) is 21.9. The molecule has 0 aromatic heterocycles. The predicted molar refractivity (Wildman–Crippen MR) is 77.8 cm³/mol. The van der Waals surface area contributed by atoms with Gasteiger partial charge in [-0.3, -0.25) is 14.4 Å². The van der Waals surface area contributed by atoms with E-state index in [0.717, 1.165) is 5.56 Å². The van der Waals surface area contributed by atoms with E-state index in [-0.39, 0.29) is 17.8 Å². The average molecular weight is 289 g/mol. The zero-order valence-electron chi connectivity index (χ0n) is 12.7. The van der Waals surface area contributed by atoms with Gasteiger partial charge < -0.3 is 4.74 Å². The number of para-hydroxylation sites is 1. The van der Waals surface area contributed by atoms with E-state index in [1.807, 2.05) is 12.1 Å². The molecule has 2 rings (SSSR count). The number of anilines is 1. The van der Waals surface area contributed by atoms with Crippen molar-refractivity contribution in [1.29, 1.82) is 0 Å². The van der Waals surface area contributed by atoms with Gasteiger partial charge in [-0.15, -0.1) is 0 Å². The first-order chi connectivity index (χ1) is 9.82. The largest absolute Gasteiger partial charge is 0.469 e. The first-order valence-corrected chi connectivity index (χ1v) is 6.85. The predicted octanol–water partition coefficient (Wildman–Crippen LogP) is 2.04. The van der Waals surface area contributed by atoms with Gasteiger partial charge in [0.25, 0.3) is 0 Å². The molecule has 0 N–H and O–H groups in total. The summed E-state index contributed by atoms with van der Waals surface area (Å²) >= 11 is 0. The molecule has 112 valence electrons. The summed E-state index contributed by atoms with van der Waals surface area (Å²) in [6.45, 7) is 4.87. The summed E-state index contributed by atoms with van der Waals surface area (Å²) in [5, 5.41) is 0. The van der Waals surface area contributed by atoms with Crippen LogP contribution >= 0.6 is 0 Å². The number of hydrogen-bond acceptors (Lipinski definition) is 4. The third-order valence-electron chi connectivity index (χ3n) is 4.05. The molecule has 1 aromatic rings. The standard InChI is InChI=1S/C16H19NO4/c1-10(14(19)21-4)9-16(3)12-7-5-6-8-13(12)17(11(2)18)15(16)20/h5-8,10H,9H2,1-4H3. The van der Waals surface area contributed by atoms with Crippen LogP contribution in [0.15, 0.2) is 24.3 Å². The van der Waals surface area contributed by atoms with Gasteiger partial charge in [0.1, 0.15) is 0 Å². The van der Waals surface area contributed by atoms with Crippen molar-refractivity contribution in [3.05, 3.63) is 29.8 Å². The monoisotopic (exact) mass is 289 g/mol. The fourth-order valence-corrected chi connectivity index (χ4v) is 3.01. The maximum Gasteiger partial charge on any atom is 0.308 e. The van der Waals surface area contributed by atoms with Crippen LogP contribution in [0, 0.1) is 5.92 Å². The van der Waals surface area contributed by atoms with Crippen LogP contribution in [-0.4, -0.2) is 24.9 Å². The first kappa shape index (κ1) is 15.2. The molecular formula is C16H19NO4. The van der Waals surface area contributed by atoms with E-state index >= 15 is 0 Å². The number of carbonyl (C=O) groups excluding carboxylic acids is 3. The van der Waals surface area contributed by atoms with Gasteiger partial charge in [0.2, 0.25) is 11.8 Å². The van der Waals surface area contributed by atoms with Gasteiger partial charge in [-0.05, 0) is 25.0 Å². The molecule has 0 bridgehead atoms.